The summed E-state index contributed by atoms with van der Waals surface area (Å²) in [6, 6.07) is 5.78. The number of carbonyl (C=O) groups is 4. The molecule has 0 saturated carbocycles. The van der Waals surface area contributed by atoms with E-state index >= 15 is 0 Å². The molecule has 4 N–H and O–H groups in total. The minimum atomic E-state index is -0.786. The summed E-state index contributed by atoms with van der Waals surface area (Å²) in [7, 11) is 0. The van der Waals surface area contributed by atoms with Crippen molar-refractivity contribution in [3.8, 4) is 5.75 Å². The second-order valence-electron chi connectivity index (χ2n) is 3.81. The Kier molecular flexibility index (Phi) is 4.24. The molecule has 8 nitrogen and oxygen atoms in total. The van der Waals surface area contributed by atoms with Gasteiger partial charge in [0.2, 0.25) is 0 Å². The van der Waals surface area contributed by atoms with Gasteiger partial charge in [-0.15, -0.1) is 0 Å². The van der Waals surface area contributed by atoms with Crippen molar-refractivity contribution in [2.45, 2.75) is 0 Å². The maximum atomic E-state index is 11.7. The number of nitrogens with one attached hydrogen (secondary N) is 3. The van der Waals surface area contributed by atoms with E-state index in [1.165, 1.54) is 12.1 Å². The minimum absolute atomic E-state index is 0.0198. The number of aromatic hydroxyl groups is 1. The first-order valence-electron chi connectivity index (χ1n) is 5.60. The molecule has 1 heterocycles. The highest BCUT2D eigenvalue weighted by Gasteiger charge is 2.26. The molecule has 0 radical (unpaired) electrons. The third-order valence-electron chi connectivity index (χ3n) is 2.35. The molecule has 0 bridgehead atoms. The molecule has 1 aromatic rings. The quantitative estimate of drug-likeness (QED) is 0.451. The second kappa shape index (κ2) is 6.09. The summed E-state index contributed by atoms with van der Waals surface area (Å²) in [5.74, 6) is -2.42. The highest BCUT2D eigenvalue weighted by molar-refractivity contribution is 8.18. The number of hydrogen-bond acceptors (Lipinski definition) is 6. The molecule has 0 spiro atoms. The molecular formula is C12H9N3O5S. The lowest BCUT2D eigenvalue weighted by molar-refractivity contribution is -0.118. The van der Waals surface area contributed by atoms with Crippen LogP contribution in [0.4, 0.5) is 4.79 Å². The van der Waals surface area contributed by atoms with Crippen LogP contribution < -0.4 is 16.2 Å². The number of para-hydroxylation sites is 1. The Morgan fingerprint density at radius 2 is 1.90 bits per heavy atom. The average Bonchev–Trinajstić information content (AvgIpc) is 2.74. The summed E-state index contributed by atoms with van der Waals surface area (Å²) in [5, 5.41) is 10.9. The number of amides is 4. The Bertz CT molecular complexity index is 671. The highest BCUT2D eigenvalue weighted by Crippen LogP contribution is 2.22. The van der Waals surface area contributed by atoms with Crippen LogP contribution in [0.2, 0.25) is 0 Å². The van der Waals surface area contributed by atoms with E-state index in [1.54, 1.807) is 12.1 Å². The van der Waals surface area contributed by atoms with Crippen molar-refractivity contribution in [1.82, 2.24) is 16.2 Å². The predicted molar refractivity (Wildman–Crippen MR) is 72.9 cm³/mol. The molecule has 1 saturated heterocycles. The fourth-order valence-corrected chi connectivity index (χ4v) is 2.08. The van der Waals surface area contributed by atoms with Crippen LogP contribution in [-0.4, -0.2) is 28.1 Å². The normalized spacial score (nSPS) is 15.7. The number of carbonyl (C=O) groups excluding carboxylic acids is 4. The Labute approximate surface area is 122 Å². The lowest BCUT2D eigenvalue weighted by Crippen LogP contribution is -2.41. The van der Waals surface area contributed by atoms with Crippen molar-refractivity contribution in [1.29, 1.82) is 0 Å². The maximum Gasteiger partial charge on any atom is 0.290 e. The van der Waals surface area contributed by atoms with Crippen LogP contribution in [0.1, 0.15) is 10.4 Å². The van der Waals surface area contributed by atoms with Crippen molar-refractivity contribution in [2.24, 2.45) is 0 Å². The average molecular weight is 307 g/mol. The minimum Gasteiger partial charge on any atom is -0.507 e. The summed E-state index contributed by atoms with van der Waals surface area (Å²) in [6.07, 6.45) is 0.885. The predicted octanol–water partition coefficient (Wildman–Crippen LogP) is 0.0201. The van der Waals surface area contributed by atoms with Gasteiger partial charge in [-0.25, -0.2) is 0 Å². The highest BCUT2D eigenvalue weighted by atomic mass is 32.2. The van der Waals surface area contributed by atoms with E-state index in [0.717, 1.165) is 6.08 Å². The van der Waals surface area contributed by atoms with Gasteiger partial charge < -0.3 is 5.11 Å². The van der Waals surface area contributed by atoms with Gasteiger partial charge in [-0.1, -0.05) is 12.1 Å². The zero-order chi connectivity index (χ0) is 15.4. The molecule has 1 aliphatic rings. The summed E-state index contributed by atoms with van der Waals surface area (Å²) in [6.45, 7) is 0. The van der Waals surface area contributed by atoms with Crippen LogP contribution in [0.5, 0.6) is 5.75 Å². The third kappa shape index (κ3) is 3.60. The molecule has 21 heavy (non-hydrogen) atoms. The van der Waals surface area contributed by atoms with Crippen LogP contribution in [0.25, 0.3) is 0 Å². The first-order chi connectivity index (χ1) is 9.97. The van der Waals surface area contributed by atoms with E-state index in [2.05, 4.69) is 5.43 Å². The fraction of sp³-hybridized carbons (Fsp3) is 0. The standard InChI is InChI=1S/C12H9N3O5S/c16-7-4-2-1-3-6(7)10(18)15-14-9(17)5-8-11(19)13-12(20)21-8/h1-5,16H,(H,14,17)(H,15,18)(H,13,19,20)/b8-5+. The molecule has 9 heteroatoms. The number of hydrogen-bond donors (Lipinski definition) is 4. The molecule has 0 aromatic heterocycles. The van der Waals surface area contributed by atoms with Gasteiger partial charge in [0.05, 0.1) is 10.5 Å². The van der Waals surface area contributed by atoms with Gasteiger partial charge in [-0.05, 0) is 23.9 Å². The number of phenols is 1. The zero-order valence-corrected chi connectivity index (χ0v) is 11.2. The Morgan fingerprint density at radius 3 is 2.52 bits per heavy atom. The Hall–Kier alpha value is -2.81. The number of thioether (sulfide) groups is 1. The van der Waals surface area contributed by atoms with Gasteiger partial charge in [0.25, 0.3) is 23.0 Å². The summed E-state index contributed by atoms with van der Waals surface area (Å²) < 4.78 is 0. The second-order valence-corrected chi connectivity index (χ2v) is 4.83. The van der Waals surface area contributed by atoms with Gasteiger partial charge in [-0.3, -0.25) is 35.3 Å². The molecule has 0 aliphatic carbocycles. The van der Waals surface area contributed by atoms with E-state index in [0.29, 0.717) is 11.8 Å². The molecule has 2 rings (SSSR count). The zero-order valence-electron chi connectivity index (χ0n) is 10.4. The SMILES string of the molecule is O=C(/C=C1/SC(=O)NC1=O)NNC(=O)c1ccccc1O. The Balaban J connectivity index is 1.94. The lowest BCUT2D eigenvalue weighted by atomic mass is 10.2. The van der Waals surface area contributed by atoms with Gasteiger partial charge in [0, 0.05) is 6.08 Å². The van der Waals surface area contributed by atoms with Crippen molar-refractivity contribution in [3.63, 3.8) is 0 Å². The number of hydrazine groups is 1. The summed E-state index contributed by atoms with van der Waals surface area (Å²) in [5.41, 5.74) is 4.09. The molecule has 1 fully saturated rings. The molecule has 1 aliphatic heterocycles. The fourth-order valence-electron chi connectivity index (χ4n) is 1.43. The number of imide groups is 1. The first-order valence-corrected chi connectivity index (χ1v) is 6.42. The molecular weight excluding hydrogens is 298 g/mol. The molecule has 4 amide bonds. The van der Waals surface area contributed by atoms with Crippen molar-refractivity contribution >= 4 is 34.7 Å². The summed E-state index contributed by atoms with van der Waals surface area (Å²) >= 11 is 0.583. The maximum absolute atomic E-state index is 11.7. The molecule has 0 atom stereocenters. The number of rotatable bonds is 2. The summed E-state index contributed by atoms with van der Waals surface area (Å²) in [4.78, 5) is 45.2. The van der Waals surface area contributed by atoms with E-state index in [4.69, 9.17) is 0 Å². The van der Waals surface area contributed by atoms with E-state index < -0.39 is 23.0 Å². The van der Waals surface area contributed by atoms with Gasteiger partial charge >= 0.3 is 0 Å². The van der Waals surface area contributed by atoms with Gasteiger partial charge in [0.1, 0.15) is 5.75 Å². The van der Waals surface area contributed by atoms with Gasteiger partial charge in [0.15, 0.2) is 0 Å². The van der Waals surface area contributed by atoms with Crippen molar-refractivity contribution < 1.29 is 24.3 Å². The van der Waals surface area contributed by atoms with Crippen LogP contribution in [0, 0.1) is 0 Å². The third-order valence-corrected chi connectivity index (χ3v) is 3.16. The molecule has 1 aromatic carbocycles. The van der Waals surface area contributed by atoms with Crippen LogP contribution in [0.15, 0.2) is 35.2 Å². The van der Waals surface area contributed by atoms with Crippen LogP contribution in [0.3, 0.4) is 0 Å². The van der Waals surface area contributed by atoms with E-state index in [1.807, 2.05) is 10.7 Å². The number of benzene rings is 1. The monoisotopic (exact) mass is 307 g/mol. The largest absolute Gasteiger partial charge is 0.507 e. The number of phenolic OH excluding ortho intramolecular Hbond substituents is 1. The first kappa shape index (κ1) is 14.6. The van der Waals surface area contributed by atoms with E-state index in [9.17, 15) is 24.3 Å². The smallest absolute Gasteiger partial charge is 0.290 e. The lowest BCUT2D eigenvalue weighted by Gasteiger charge is -2.06. The molecule has 0 unspecified atom stereocenters. The van der Waals surface area contributed by atoms with Crippen molar-refractivity contribution in [2.75, 3.05) is 0 Å². The Morgan fingerprint density at radius 1 is 1.19 bits per heavy atom. The van der Waals surface area contributed by atoms with Crippen LogP contribution in [-0.2, 0) is 9.59 Å². The van der Waals surface area contributed by atoms with E-state index in [-0.39, 0.29) is 16.2 Å². The molecule has 108 valence electrons. The van der Waals surface area contributed by atoms with Gasteiger partial charge in [-0.2, -0.15) is 0 Å². The van der Waals surface area contributed by atoms with Crippen LogP contribution >= 0.6 is 11.8 Å². The topological polar surface area (TPSA) is 125 Å². The van der Waals surface area contributed by atoms with Crippen molar-refractivity contribution in [3.05, 3.63) is 40.8 Å².